The second kappa shape index (κ2) is 5.90. The van der Waals surface area contributed by atoms with Gasteiger partial charge in [0.15, 0.2) is 9.84 Å². The number of amides is 1. The van der Waals surface area contributed by atoms with Crippen LogP contribution in [0.25, 0.3) is 0 Å². The Morgan fingerprint density at radius 2 is 1.95 bits per heavy atom. The first kappa shape index (κ1) is 15.9. The quantitative estimate of drug-likeness (QED) is 0.681. The van der Waals surface area contributed by atoms with E-state index >= 15 is 0 Å². The molecular weight excluding hydrogens is 270 g/mol. The maximum Gasteiger partial charge on any atom is 0.303 e. The molecular formula is C12H21NO5S. The van der Waals surface area contributed by atoms with E-state index in [1.165, 1.54) is 6.92 Å². The Labute approximate surface area is 113 Å². The number of nitrogens with one attached hydrogen (secondary N) is 1. The summed E-state index contributed by atoms with van der Waals surface area (Å²) in [5.74, 6) is -1.71. The van der Waals surface area contributed by atoms with Crippen LogP contribution >= 0.6 is 0 Å². The minimum absolute atomic E-state index is 0.143. The van der Waals surface area contributed by atoms with Gasteiger partial charge in [0, 0.05) is 6.54 Å². The molecule has 1 amide bonds. The molecule has 110 valence electrons. The van der Waals surface area contributed by atoms with Crippen molar-refractivity contribution in [3.63, 3.8) is 0 Å². The first-order valence-electron chi connectivity index (χ1n) is 6.43. The molecule has 1 atom stereocenters. The number of hydrogen-bond acceptors (Lipinski definition) is 4. The Kier molecular flexibility index (Phi) is 4.95. The fourth-order valence-corrected chi connectivity index (χ4v) is 3.88. The molecule has 7 heteroatoms. The van der Waals surface area contributed by atoms with Crippen molar-refractivity contribution >= 4 is 21.7 Å². The van der Waals surface area contributed by atoms with Gasteiger partial charge in [-0.3, -0.25) is 9.59 Å². The Bertz CT molecular complexity index is 453. The van der Waals surface area contributed by atoms with Gasteiger partial charge < -0.3 is 10.4 Å². The zero-order valence-electron chi connectivity index (χ0n) is 11.3. The van der Waals surface area contributed by atoms with E-state index in [4.69, 9.17) is 5.11 Å². The third kappa shape index (κ3) is 4.49. The first-order chi connectivity index (χ1) is 8.72. The Hall–Kier alpha value is -1.11. The van der Waals surface area contributed by atoms with E-state index in [0.29, 0.717) is 19.4 Å². The molecule has 0 radical (unpaired) electrons. The van der Waals surface area contributed by atoms with E-state index in [9.17, 15) is 18.0 Å². The van der Waals surface area contributed by atoms with Crippen LogP contribution in [0.15, 0.2) is 0 Å². The van der Waals surface area contributed by atoms with Gasteiger partial charge in [0.1, 0.15) is 5.25 Å². The molecule has 0 heterocycles. The van der Waals surface area contributed by atoms with Gasteiger partial charge in [0.2, 0.25) is 5.91 Å². The maximum atomic E-state index is 12.1. The van der Waals surface area contributed by atoms with Crippen LogP contribution in [-0.2, 0) is 19.4 Å². The van der Waals surface area contributed by atoms with Crippen LogP contribution in [0.5, 0.6) is 0 Å². The van der Waals surface area contributed by atoms with Crippen molar-refractivity contribution in [1.29, 1.82) is 0 Å². The number of carboxylic acids is 1. The second-order valence-electron chi connectivity index (χ2n) is 5.31. The predicted octanol–water partition coefficient (Wildman–Crippen LogP) is 0.571. The molecule has 1 rings (SSSR count). The van der Waals surface area contributed by atoms with Gasteiger partial charge >= 0.3 is 5.97 Å². The Balaban J connectivity index is 2.65. The second-order valence-corrected chi connectivity index (χ2v) is 7.63. The van der Waals surface area contributed by atoms with Crippen molar-refractivity contribution in [3.8, 4) is 0 Å². The summed E-state index contributed by atoms with van der Waals surface area (Å²) in [7, 11) is -3.61. The highest BCUT2D eigenvalue weighted by molar-refractivity contribution is 7.92. The Morgan fingerprint density at radius 1 is 1.37 bits per heavy atom. The molecule has 2 N–H and O–H groups in total. The largest absolute Gasteiger partial charge is 0.481 e. The number of aliphatic carboxylic acids is 1. The lowest BCUT2D eigenvalue weighted by atomic mass is 10.1. The molecule has 0 aromatic heterocycles. The summed E-state index contributed by atoms with van der Waals surface area (Å²) in [4.78, 5) is 22.4. The van der Waals surface area contributed by atoms with Crippen molar-refractivity contribution in [3.05, 3.63) is 0 Å². The lowest BCUT2D eigenvalue weighted by Gasteiger charge is -2.17. The summed E-state index contributed by atoms with van der Waals surface area (Å²) < 4.78 is 24.2. The highest BCUT2D eigenvalue weighted by Gasteiger charge is 2.49. The number of carbonyl (C=O) groups is 2. The maximum absolute atomic E-state index is 12.1. The van der Waals surface area contributed by atoms with Crippen molar-refractivity contribution in [2.45, 2.75) is 44.8 Å². The van der Waals surface area contributed by atoms with Gasteiger partial charge in [-0.05, 0) is 31.6 Å². The monoisotopic (exact) mass is 291 g/mol. The summed E-state index contributed by atoms with van der Waals surface area (Å²) in [5, 5.41) is 10.2. The molecule has 0 spiro atoms. The van der Waals surface area contributed by atoms with E-state index < -0.39 is 32.4 Å². The summed E-state index contributed by atoms with van der Waals surface area (Å²) in [5.41, 5.74) is -0.649. The van der Waals surface area contributed by atoms with Crippen molar-refractivity contribution in [1.82, 2.24) is 5.32 Å². The normalized spacial score (nSPS) is 18.6. The van der Waals surface area contributed by atoms with Gasteiger partial charge in [-0.1, -0.05) is 6.92 Å². The molecule has 1 fully saturated rings. The summed E-state index contributed by atoms with van der Waals surface area (Å²) in [6.07, 6.45) is 1.79. The molecule has 0 bridgehead atoms. The van der Waals surface area contributed by atoms with Crippen LogP contribution in [0.2, 0.25) is 0 Å². The van der Waals surface area contributed by atoms with Gasteiger partial charge in [-0.2, -0.15) is 0 Å². The van der Waals surface area contributed by atoms with Gasteiger partial charge in [0.05, 0.1) is 12.2 Å². The topological polar surface area (TPSA) is 101 Å². The minimum atomic E-state index is -3.61. The number of hydrogen-bond donors (Lipinski definition) is 2. The highest BCUT2D eigenvalue weighted by atomic mass is 32.2. The third-order valence-electron chi connectivity index (χ3n) is 3.45. The zero-order chi connectivity index (χ0) is 14.7. The van der Waals surface area contributed by atoms with Crippen LogP contribution in [-0.4, -0.2) is 42.9 Å². The highest BCUT2D eigenvalue weighted by Crippen LogP contribution is 2.50. The van der Waals surface area contributed by atoms with Crippen molar-refractivity contribution in [2.75, 3.05) is 12.3 Å². The molecule has 1 unspecified atom stereocenters. The van der Waals surface area contributed by atoms with E-state index in [1.54, 1.807) is 0 Å². The predicted molar refractivity (Wildman–Crippen MR) is 70.5 cm³/mol. The van der Waals surface area contributed by atoms with Crippen molar-refractivity contribution < 1.29 is 23.1 Å². The number of rotatable bonds is 8. The van der Waals surface area contributed by atoms with Crippen LogP contribution in [0.1, 0.15) is 39.5 Å². The molecule has 0 aromatic carbocycles. The minimum Gasteiger partial charge on any atom is -0.481 e. The Morgan fingerprint density at radius 3 is 2.37 bits per heavy atom. The van der Waals surface area contributed by atoms with Gasteiger partial charge in [-0.15, -0.1) is 0 Å². The number of carboxylic acid groups (broad SMARTS) is 1. The van der Waals surface area contributed by atoms with Gasteiger partial charge in [0.25, 0.3) is 0 Å². The average molecular weight is 291 g/mol. The van der Waals surface area contributed by atoms with Crippen LogP contribution in [0.4, 0.5) is 0 Å². The standard InChI is InChI=1S/C12H21NO5S/c1-3-6-13-11(16)9(2)19(17,18)8-12(4-5-12)7-10(14)15/h9H,3-8H2,1-2H3,(H,13,16)(H,14,15). The van der Waals surface area contributed by atoms with Crippen LogP contribution in [0.3, 0.4) is 0 Å². The van der Waals surface area contributed by atoms with Crippen LogP contribution < -0.4 is 5.32 Å². The van der Waals surface area contributed by atoms with Crippen molar-refractivity contribution in [2.24, 2.45) is 5.41 Å². The SMILES string of the molecule is CCCNC(=O)C(C)S(=O)(=O)CC1(CC(=O)O)CC1. The average Bonchev–Trinajstić information content (AvgIpc) is 3.02. The number of sulfone groups is 1. The summed E-state index contributed by atoms with van der Waals surface area (Å²) >= 11 is 0. The molecule has 19 heavy (non-hydrogen) atoms. The molecule has 1 saturated carbocycles. The van der Waals surface area contributed by atoms with E-state index in [-0.39, 0.29) is 12.2 Å². The lowest BCUT2D eigenvalue weighted by molar-refractivity contribution is -0.138. The molecule has 1 aliphatic carbocycles. The molecule has 0 saturated heterocycles. The van der Waals surface area contributed by atoms with Crippen LogP contribution in [0, 0.1) is 5.41 Å². The van der Waals surface area contributed by atoms with E-state index in [1.807, 2.05) is 6.92 Å². The lowest BCUT2D eigenvalue weighted by Crippen LogP contribution is -2.40. The molecule has 0 aliphatic heterocycles. The molecule has 6 nitrogen and oxygen atoms in total. The molecule has 1 aliphatic rings. The summed E-state index contributed by atoms with van der Waals surface area (Å²) in [6.45, 7) is 3.68. The summed E-state index contributed by atoms with van der Waals surface area (Å²) in [6, 6.07) is 0. The first-order valence-corrected chi connectivity index (χ1v) is 8.15. The smallest absolute Gasteiger partial charge is 0.303 e. The van der Waals surface area contributed by atoms with Gasteiger partial charge in [-0.25, -0.2) is 8.42 Å². The molecule has 0 aromatic rings. The van der Waals surface area contributed by atoms with E-state index in [0.717, 1.165) is 6.42 Å². The fourth-order valence-electron chi connectivity index (χ4n) is 1.98. The third-order valence-corrected chi connectivity index (χ3v) is 5.75. The number of carbonyl (C=O) groups excluding carboxylic acids is 1. The fraction of sp³-hybridized carbons (Fsp3) is 0.833. The van der Waals surface area contributed by atoms with E-state index in [2.05, 4.69) is 5.32 Å². The zero-order valence-corrected chi connectivity index (χ0v) is 12.1.